The lowest BCUT2D eigenvalue weighted by Gasteiger charge is -2.27. The van der Waals surface area contributed by atoms with Crippen LogP contribution in [0.3, 0.4) is 0 Å². The SMILES string of the molecule is CC(C)C(C)N.CCC(N)C(=O)N1CC(F)CC1Cc1c(-c2nc3cc(F)ccc3n2CC2CCCN2C=O)[nH]c2cc(F)ccc12. The minimum absolute atomic E-state index is 0.0233. The largest absolute Gasteiger partial charge is 0.352 e. The number of aromatic amines is 1. The van der Waals surface area contributed by atoms with Crippen LogP contribution in [0.2, 0.25) is 0 Å². The average Bonchev–Trinajstić information content (AvgIpc) is 3.81. The van der Waals surface area contributed by atoms with E-state index >= 15 is 0 Å². The summed E-state index contributed by atoms with van der Waals surface area (Å²) >= 11 is 0. The van der Waals surface area contributed by atoms with E-state index in [0.717, 1.165) is 30.2 Å². The summed E-state index contributed by atoms with van der Waals surface area (Å²) in [4.78, 5) is 36.2. The molecule has 2 aliphatic rings. The van der Waals surface area contributed by atoms with Crippen LogP contribution in [0.4, 0.5) is 13.2 Å². The Balaban J connectivity index is 0.000000662. The van der Waals surface area contributed by atoms with E-state index in [1.54, 1.807) is 17.0 Å². The number of imidazole rings is 1. The third-order valence-electron chi connectivity index (χ3n) is 9.65. The maximum atomic E-state index is 14.7. The van der Waals surface area contributed by atoms with Crippen LogP contribution in [0.25, 0.3) is 33.5 Å². The number of carbonyl (C=O) groups excluding carboxylic acids is 2. The lowest BCUT2D eigenvalue weighted by molar-refractivity contribution is -0.133. The number of amides is 2. The zero-order valence-electron chi connectivity index (χ0n) is 27.6. The second-order valence-electron chi connectivity index (χ2n) is 13.3. The normalized spacial score (nSPS) is 21.0. The van der Waals surface area contributed by atoms with Gasteiger partial charge in [0.25, 0.3) is 0 Å². The minimum Gasteiger partial charge on any atom is -0.352 e. The maximum absolute atomic E-state index is 14.7. The predicted molar refractivity (Wildman–Crippen MR) is 178 cm³/mol. The van der Waals surface area contributed by atoms with E-state index in [2.05, 4.69) is 18.8 Å². The number of likely N-dealkylation sites (tertiary alicyclic amines) is 2. The number of fused-ring (bicyclic) bond motifs is 2. The van der Waals surface area contributed by atoms with Crippen LogP contribution < -0.4 is 11.5 Å². The number of carbonyl (C=O) groups is 2. The van der Waals surface area contributed by atoms with Gasteiger partial charge in [-0.2, -0.15) is 0 Å². The van der Waals surface area contributed by atoms with E-state index in [1.165, 1.54) is 29.2 Å². The van der Waals surface area contributed by atoms with Gasteiger partial charge in [0.05, 0.1) is 29.3 Å². The van der Waals surface area contributed by atoms with Crippen molar-refractivity contribution >= 4 is 34.3 Å². The Morgan fingerprint density at radius 2 is 1.81 bits per heavy atom. The van der Waals surface area contributed by atoms with Crippen LogP contribution in [0.5, 0.6) is 0 Å². The summed E-state index contributed by atoms with van der Waals surface area (Å²) in [5.74, 6) is 0.000629. The average molecular weight is 654 g/mol. The second-order valence-corrected chi connectivity index (χ2v) is 13.3. The van der Waals surface area contributed by atoms with E-state index in [9.17, 15) is 22.8 Å². The molecule has 2 aliphatic heterocycles. The van der Waals surface area contributed by atoms with Gasteiger partial charge in [-0.05, 0) is 74.4 Å². The maximum Gasteiger partial charge on any atom is 0.239 e. The third kappa shape index (κ3) is 7.33. The molecular formula is C35H46F3N7O2. The first-order valence-electron chi connectivity index (χ1n) is 16.5. The fourth-order valence-electron chi connectivity index (χ4n) is 6.46. The van der Waals surface area contributed by atoms with Crippen molar-refractivity contribution < 1.29 is 22.8 Å². The molecule has 47 heavy (non-hydrogen) atoms. The Kier molecular flexibility index (Phi) is 10.6. The molecule has 0 bridgehead atoms. The lowest BCUT2D eigenvalue weighted by Crippen LogP contribution is -2.46. The highest BCUT2D eigenvalue weighted by molar-refractivity contribution is 5.92. The zero-order valence-corrected chi connectivity index (χ0v) is 27.6. The number of hydrogen-bond donors (Lipinski definition) is 3. The first-order chi connectivity index (χ1) is 22.4. The Bertz CT molecular complexity index is 1710. The lowest BCUT2D eigenvalue weighted by atomic mass is 9.99. The smallest absolute Gasteiger partial charge is 0.239 e. The van der Waals surface area contributed by atoms with Gasteiger partial charge in [-0.25, -0.2) is 18.2 Å². The summed E-state index contributed by atoms with van der Waals surface area (Å²) in [6, 6.07) is 7.95. The van der Waals surface area contributed by atoms with E-state index in [1.807, 2.05) is 18.4 Å². The van der Waals surface area contributed by atoms with Gasteiger partial charge in [0.1, 0.15) is 17.8 Å². The molecule has 254 valence electrons. The number of halogens is 3. The molecular weight excluding hydrogens is 607 g/mol. The first-order valence-corrected chi connectivity index (χ1v) is 16.5. The van der Waals surface area contributed by atoms with Crippen molar-refractivity contribution in [2.24, 2.45) is 17.4 Å². The topological polar surface area (TPSA) is 126 Å². The van der Waals surface area contributed by atoms with Gasteiger partial charge in [-0.3, -0.25) is 9.59 Å². The Labute approximate surface area is 273 Å². The summed E-state index contributed by atoms with van der Waals surface area (Å²) in [7, 11) is 0. The number of benzene rings is 2. The van der Waals surface area contributed by atoms with Crippen LogP contribution in [-0.2, 0) is 22.6 Å². The standard InChI is InChI=1S/C30H33F3N6O2.C5H13N/c1-2-24(34)30(41)38-14-19(33)10-21(38)13-23-22-7-5-17(31)11-25(22)35-28(23)29-36-26-12-18(32)6-8-27(26)39(29)15-20-4-3-9-37(20)16-40;1-4(2)5(3)6/h5-8,11-12,16,19-21,24,35H,2-4,9-10,13-15,34H2,1H3;4-5H,6H2,1-3H3. The zero-order chi connectivity index (χ0) is 34.0. The van der Waals surface area contributed by atoms with Crippen molar-refractivity contribution in [2.45, 2.75) is 96.7 Å². The van der Waals surface area contributed by atoms with Crippen LogP contribution in [0.15, 0.2) is 36.4 Å². The van der Waals surface area contributed by atoms with Crippen molar-refractivity contribution in [2.75, 3.05) is 13.1 Å². The molecule has 0 spiro atoms. The summed E-state index contributed by atoms with van der Waals surface area (Å²) < 4.78 is 45.3. The molecule has 2 amide bonds. The molecule has 2 aromatic carbocycles. The molecule has 0 saturated carbocycles. The number of alkyl halides is 1. The molecule has 5 unspecified atom stereocenters. The van der Waals surface area contributed by atoms with Crippen molar-refractivity contribution in [3.8, 4) is 11.5 Å². The Hall–Kier alpha value is -3.90. The number of hydrogen-bond acceptors (Lipinski definition) is 5. The van der Waals surface area contributed by atoms with Crippen molar-refractivity contribution in [1.82, 2.24) is 24.3 Å². The summed E-state index contributed by atoms with van der Waals surface area (Å²) in [6.45, 7) is 9.14. The molecule has 2 aromatic heterocycles. The molecule has 6 rings (SSSR count). The van der Waals surface area contributed by atoms with Crippen LogP contribution >= 0.6 is 0 Å². The number of nitrogens with two attached hydrogens (primary N) is 2. The van der Waals surface area contributed by atoms with Gasteiger partial charge in [-0.1, -0.05) is 20.8 Å². The van der Waals surface area contributed by atoms with Gasteiger partial charge in [0.2, 0.25) is 12.3 Å². The van der Waals surface area contributed by atoms with Crippen molar-refractivity contribution in [3.05, 3.63) is 53.6 Å². The minimum atomic E-state index is -1.18. The van der Waals surface area contributed by atoms with Gasteiger partial charge < -0.3 is 30.8 Å². The molecule has 9 nitrogen and oxygen atoms in total. The molecule has 2 fully saturated rings. The van der Waals surface area contributed by atoms with Crippen LogP contribution in [0.1, 0.15) is 58.9 Å². The number of nitrogens with one attached hydrogen (secondary N) is 1. The van der Waals surface area contributed by atoms with E-state index in [-0.39, 0.29) is 24.9 Å². The Morgan fingerprint density at radius 3 is 2.49 bits per heavy atom. The summed E-state index contributed by atoms with van der Waals surface area (Å²) in [5, 5.41) is 0.732. The quantitative estimate of drug-likeness (QED) is 0.212. The van der Waals surface area contributed by atoms with Crippen LogP contribution in [0, 0.1) is 17.6 Å². The van der Waals surface area contributed by atoms with Gasteiger partial charge in [0, 0.05) is 54.6 Å². The highest BCUT2D eigenvalue weighted by Crippen LogP contribution is 2.37. The molecule has 4 aromatic rings. The van der Waals surface area contributed by atoms with E-state index < -0.39 is 29.9 Å². The Morgan fingerprint density at radius 1 is 1.11 bits per heavy atom. The fourth-order valence-corrected chi connectivity index (χ4v) is 6.46. The number of rotatable bonds is 9. The third-order valence-corrected chi connectivity index (χ3v) is 9.65. The van der Waals surface area contributed by atoms with Crippen molar-refractivity contribution in [3.63, 3.8) is 0 Å². The van der Waals surface area contributed by atoms with Gasteiger partial charge in [-0.15, -0.1) is 0 Å². The molecule has 0 aliphatic carbocycles. The highest BCUT2D eigenvalue weighted by atomic mass is 19.1. The molecule has 5 atom stereocenters. The predicted octanol–water partition coefficient (Wildman–Crippen LogP) is 5.29. The summed E-state index contributed by atoms with van der Waals surface area (Å²) in [6.07, 6.45) is 2.27. The molecule has 0 radical (unpaired) electrons. The number of nitrogens with zero attached hydrogens (tertiary/aromatic N) is 4. The highest BCUT2D eigenvalue weighted by Gasteiger charge is 2.38. The number of aromatic nitrogens is 3. The summed E-state index contributed by atoms with van der Waals surface area (Å²) in [5.41, 5.74) is 14.5. The van der Waals surface area contributed by atoms with Crippen molar-refractivity contribution in [1.29, 1.82) is 0 Å². The second kappa shape index (κ2) is 14.5. The van der Waals surface area contributed by atoms with E-state index in [4.69, 9.17) is 16.5 Å². The van der Waals surface area contributed by atoms with Gasteiger partial charge in [0.15, 0.2) is 5.82 Å². The van der Waals surface area contributed by atoms with E-state index in [0.29, 0.717) is 66.0 Å². The molecule has 2 saturated heterocycles. The molecule has 4 heterocycles. The molecule has 5 N–H and O–H groups in total. The van der Waals surface area contributed by atoms with Gasteiger partial charge >= 0.3 is 0 Å². The first kappa shape index (κ1) is 34.4. The monoisotopic (exact) mass is 653 g/mol. The fraction of sp³-hybridized carbons (Fsp3) is 0.514. The molecule has 12 heteroatoms. The number of H-pyrrole nitrogens is 1. The van der Waals surface area contributed by atoms with Crippen LogP contribution in [-0.4, -0.2) is 80.1 Å².